The average molecular weight is 602 g/mol. The van der Waals surface area contributed by atoms with Gasteiger partial charge >= 0.3 is 0 Å². The Bertz CT molecular complexity index is 2810. The first-order valence-electron chi connectivity index (χ1n) is 15.9. The smallest absolute Gasteiger partial charge is 0.143 e. The molecule has 2 aromatic heterocycles. The number of para-hydroxylation sites is 1. The van der Waals surface area contributed by atoms with Crippen molar-refractivity contribution in [2.75, 3.05) is 4.90 Å². The SMILES string of the molecule is c1ccc(-c2cccc(N(c3ccc4c(c3)oc3c5ccccc5ccc43)c3ccc4ccc5oc6ccccc6c5c4c3)c2)cc1. The lowest BCUT2D eigenvalue weighted by Gasteiger charge is -2.26. The molecule has 0 amide bonds. The van der Waals surface area contributed by atoms with Crippen molar-refractivity contribution in [3.63, 3.8) is 0 Å². The van der Waals surface area contributed by atoms with Crippen molar-refractivity contribution in [3.8, 4) is 11.1 Å². The zero-order valence-corrected chi connectivity index (χ0v) is 25.4. The predicted molar refractivity (Wildman–Crippen MR) is 196 cm³/mol. The summed E-state index contributed by atoms with van der Waals surface area (Å²) in [7, 11) is 0. The third-order valence-corrected chi connectivity index (χ3v) is 9.42. The molecule has 0 saturated carbocycles. The van der Waals surface area contributed by atoms with Gasteiger partial charge in [-0.3, -0.25) is 0 Å². The van der Waals surface area contributed by atoms with Gasteiger partial charge < -0.3 is 13.7 Å². The fourth-order valence-electron chi connectivity index (χ4n) is 7.20. The molecule has 47 heavy (non-hydrogen) atoms. The first-order chi connectivity index (χ1) is 23.3. The minimum Gasteiger partial charge on any atom is -0.456 e. The van der Waals surface area contributed by atoms with Gasteiger partial charge in [-0.15, -0.1) is 0 Å². The Labute approximate surface area is 270 Å². The van der Waals surface area contributed by atoms with Crippen LogP contribution in [0.5, 0.6) is 0 Å². The molecular weight excluding hydrogens is 574 g/mol. The molecule has 3 heteroatoms. The lowest BCUT2D eigenvalue weighted by Crippen LogP contribution is -2.10. The standard InChI is InChI=1S/C44H27NO2/c1-2-9-28(10-3-1)31-12-8-13-32(25-31)45(33-20-17-30-19-24-41-43(39(30)26-33)38-15-6-7-16-40(38)46-41)34-21-23-36-37-22-18-29-11-4-5-14-35(29)44(37)47-42(36)27-34/h1-27H. The van der Waals surface area contributed by atoms with Crippen molar-refractivity contribution in [2.45, 2.75) is 0 Å². The molecule has 0 fully saturated rings. The molecule has 0 aliphatic carbocycles. The third-order valence-electron chi connectivity index (χ3n) is 9.42. The summed E-state index contributed by atoms with van der Waals surface area (Å²) in [5, 5.41) is 9.13. The van der Waals surface area contributed by atoms with E-state index in [1.165, 1.54) is 16.3 Å². The highest BCUT2D eigenvalue weighted by Crippen LogP contribution is 2.43. The van der Waals surface area contributed by atoms with Crippen LogP contribution in [-0.2, 0) is 0 Å². The van der Waals surface area contributed by atoms with E-state index in [9.17, 15) is 0 Å². The second kappa shape index (κ2) is 10.1. The Hall–Kier alpha value is -6.32. The van der Waals surface area contributed by atoms with Gasteiger partial charge in [-0.25, -0.2) is 0 Å². The quantitative estimate of drug-likeness (QED) is 0.201. The summed E-state index contributed by atoms with van der Waals surface area (Å²) in [6.07, 6.45) is 0. The van der Waals surface area contributed by atoms with Gasteiger partial charge in [0.05, 0.1) is 0 Å². The molecular formula is C44H27NO2. The maximum atomic E-state index is 6.65. The Balaban J connectivity index is 1.22. The second-order valence-electron chi connectivity index (χ2n) is 12.1. The summed E-state index contributed by atoms with van der Waals surface area (Å²) < 4.78 is 12.9. The average Bonchev–Trinajstić information content (AvgIpc) is 3.71. The van der Waals surface area contributed by atoms with E-state index in [1.54, 1.807) is 0 Å². The van der Waals surface area contributed by atoms with Gasteiger partial charge in [-0.2, -0.15) is 0 Å². The van der Waals surface area contributed by atoms with Gasteiger partial charge in [0, 0.05) is 50.1 Å². The summed E-state index contributed by atoms with van der Waals surface area (Å²) in [5.41, 5.74) is 9.06. The van der Waals surface area contributed by atoms with Crippen LogP contribution in [0.2, 0.25) is 0 Å². The highest BCUT2D eigenvalue weighted by Gasteiger charge is 2.19. The topological polar surface area (TPSA) is 29.5 Å². The molecule has 0 bridgehead atoms. The van der Waals surface area contributed by atoms with Gasteiger partial charge in [0.1, 0.15) is 22.3 Å². The fourth-order valence-corrected chi connectivity index (χ4v) is 7.20. The molecule has 0 spiro atoms. The number of hydrogen-bond acceptors (Lipinski definition) is 3. The van der Waals surface area contributed by atoms with E-state index in [0.717, 1.165) is 77.3 Å². The van der Waals surface area contributed by atoms with Crippen molar-refractivity contribution >= 4 is 82.5 Å². The van der Waals surface area contributed by atoms with Crippen molar-refractivity contribution in [2.24, 2.45) is 0 Å². The lowest BCUT2D eigenvalue weighted by atomic mass is 10.0. The summed E-state index contributed by atoms with van der Waals surface area (Å²) in [6.45, 7) is 0. The van der Waals surface area contributed by atoms with Crippen molar-refractivity contribution in [1.82, 2.24) is 0 Å². The normalized spacial score (nSPS) is 11.8. The molecule has 0 atom stereocenters. The maximum absolute atomic E-state index is 6.65. The Morgan fingerprint density at radius 3 is 1.96 bits per heavy atom. The van der Waals surface area contributed by atoms with Crippen LogP contribution in [-0.4, -0.2) is 0 Å². The monoisotopic (exact) mass is 601 g/mol. The highest BCUT2D eigenvalue weighted by molar-refractivity contribution is 6.19. The van der Waals surface area contributed by atoms with E-state index in [1.807, 2.05) is 12.1 Å². The Kier molecular flexibility index (Phi) is 5.57. The number of benzene rings is 8. The molecule has 0 radical (unpaired) electrons. The first kappa shape index (κ1) is 26.0. The molecule has 0 aliphatic rings. The Morgan fingerprint density at radius 2 is 1.02 bits per heavy atom. The molecule has 0 aliphatic heterocycles. The van der Waals surface area contributed by atoms with Gasteiger partial charge in [0.15, 0.2) is 0 Å². The third kappa shape index (κ3) is 4.07. The number of hydrogen-bond donors (Lipinski definition) is 0. The zero-order chi connectivity index (χ0) is 30.9. The van der Waals surface area contributed by atoms with Gasteiger partial charge in [0.2, 0.25) is 0 Å². The highest BCUT2D eigenvalue weighted by atomic mass is 16.3. The van der Waals surface area contributed by atoms with Crippen LogP contribution >= 0.6 is 0 Å². The van der Waals surface area contributed by atoms with E-state index < -0.39 is 0 Å². The fraction of sp³-hybridized carbons (Fsp3) is 0. The molecule has 10 rings (SSSR count). The van der Waals surface area contributed by atoms with Crippen molar-refractivity contribution in [1.29, 1.82) is 0 Å². The van der Waals surface area contributed by atoms with Crippen LogP contribution in [0.4, 0.5) is 17.1 Å². The van der Waals surface area contributed by atoms with Crippen LogP contribution in [0.1, 0.15) is 0 Å². The van der Waals surface area contributed by atoms with Crippen molar-refractivity contribution in [3.05, 3.63) is 164 Å². The summed E-state index contributed by atoms with van der Waals surface area (Å²) in [6, 6.07) is 57.9. The van der Waals surface area contributed by atoms with Crippen LogP contribution in [0.15, 0.2) is 173 Å². The number of rotatable bonds is 4. The molecule has 0 saturated heterocycles. The molecule has 2 heterocycles. The first-order valence-corrected chi connectivity index (χ1v) is 15.9. The van der Waals surface area contributed by atoms with E-state index in [2.05, 4.69) is 157 Å². The summed E-state index contributed by atoms with van der Waals surface area (Å²) >= 11 is 0. The minimum atomic E-state index is 0.863. The zero-order valence-electron chi connectivity index (χ0n) is 25.4. The molecule has 8 aromatic carbocycles. The van der Waals surface area contributed by atoms with Crippen LogP contribution in [0, 0.1) is 0 Å². The summed E-state index contributed by atoms with van der Waals surface area (Å²) in [4.78, 5) is 2.33. The number of fused-ring (bicyclic) bond motifs is 10. The van der Waals surface area contributed by atoms with Gasteiger partial charge in [-0.1, -0.05) is 103 Å². The van der Waals surface area contributed by atoms with Crippen LogP contribution in [0.3, 0.4) is 0 Å². The maximum Gasteiger partial charge on any atom is 0.143 e. The lowest BCUT2D eigenvalue weighted by molar-refractivity contribution is 0.669. The number of anilines is 3. The van der Waals surface area contributed by atoms with Crippen LogP contribution in [0.25, 0.3) is 76.5 Å². The molecule has 0 N–H and O–H groups in total. The number of nitrogens with zero attached hydrogens (tertiary/aromatic N) is 1. The van der Waals surface area contributed by atoms with Crippen molar-refractivity contribution < 1.29 is 8.83 Å². The Morgan fingerprint density at radius 1 is 0.340 bits per heavy atom. The summed E-state index contributed by atoms with van der Waals surface area (Å²) in [5.74, 6) is 0. The van der Waals surface area contributed by atoms with E-state index in [0.29, 0.717) is 0 Å². The largest absolute Gasteiger partial charge is 0.456 e. The van der Waals surface area contributed by atoms with E-state index in [4.69, 9.17) is 8.83 Å². The van der Waals surface area contributed by atoms with Gasteiger partial charge in [0.25, 0.3) is 0 Å². The van der Waals surface area contributed by atoms with Crippen LogP contribution < -0.4 is 4.90 Å². The molecule has 3 nitrogen and oxygen atoms in total. The second-order valence-corrected chi connectivity index (χ2v) is 12.1. The molecule has 0 unspecified atom stereocenters. The van der Waals surface area contributed by atoms with Gasteiger partial charge in [-0.05, 0) is 81.9 Å². The molecule has 220 valence electrons. The molecule has 10 aromatic rings. The van der Waals surface area contributed by atoms with E-state index >= 15 is 0 Å². The minimum absolute atomic E-state index is 0.863. The van der Waals surface area contributed by atoms with E-state index in [-0.39, 0.29) is 0 Å². The number of furan rings is 2. The predicted octanol–water partition coefficient (Wildman–Crippen LogP) is 12.9.